The van der Waals surface area contributed by atoms with Gasteiger partial charge in [0.05, 0.1) is 5.25 Å². The number of imide groups is 1. The number of nitrogens with zero attached hydrogens (tertiary/aromatic N) is 4. The van der Waals surface area contributed by atoms with Gasteiger partial charge in [-0.3, -0.25) is 19.1 Å². The zero-order chi connectivity index (χ0) is 20.2. The van der Waals surface area contributed by atoms with Crippen molar-refractivity contribution in [2.75, 3.05) is 6.54 Å². The molecule has 0 radical (unpaired) electrons. The average Bonchev–Trinajstić information content (AvgIpc) is 3.13. The smallest absolute Gasteiger partial charge is 0.260 e. The highest BCUT2D eigenvalue weighted by Gasteiger charge is 2.33. The molecule has 2 aromatic carbocycles. The minimum Gasteiger partial charge on any atom is -0.278 e. The molecule has 3 aromatic rings. The molecular weight excluding hydrogens is 408 g/mol. The van der Waals surface area contributed by atoms with Gasteiger partial charge in [-0.15, -0.1) is 10.2 Å². The molecule has 1 atom stereocenters. The van der Waals surface area contributed by atoms with Gasteiger partial charge in [0.25, 0.3) is 5.91 Å². The highest BCUT2D eigenvalue weighted by atomic mass is 35.5. The molecule has 1 saturated heterocycles. The first-order valence-corrected chi connectivity index (χ1v) is 10.6. The van der Waals surface area contributed by atoms with Gasteiger partial charge < -0.3 is 0 Å². The molecule has 148 valence electrons. The van der Waals surface area contributed by atoms with Crippen molar-refractivity contribution in [2.45, 2.75) is 29.7 Å². The first kappa shape index (κ1) is 19.7. The number of carbonyl (C=O) groups is 2. The Labute approximate surface area is 177 Å². The summed E-state index contributed by atoms with van der Waals surface area (Å²) in [6.45, 7) is 0.419. The van der Waals surface area contributed by atoms with E-state index in [1.165, 1.54) is 16.7 Å². The SMILES string of the molecule is O=C(c1ccc(Cl)cc1)N1CCCC[C@@H](Sc2nncn2-c2ccccc2)C1=O. The molecule has 0 spiro atoms. The van der Waals surface area contributed by atoms with Crippen LogP contribution in [0.15, 0.2) is 66.1 Å². The van der Waals surface area contributed by atoms with Gasteiger partial charge in [-0.05, 0) is 49.2 Å². The van der Waals surface area contributed by atoms with Gasteiger partial charge in [0.1, 0.15) is 6.33 Å². The normalized spacial score (nSPS) is 17.2. The highest BCUT2D eigenvalue weighted by Crippen LogP contribution is 2.30. The standard InChI is InChI=1S/C21H19ClN4O2S/c22-16-11-9-15(10-12-16)19(27)25-13-5-4-8-18(20(25)28)29-21-24-23-14-26(21)17-6-2-1-3-7-17/h1-3,6-7,9-12,14,18H,4-5,8,13H2/t18-/m1/s1. The van der Waals surface area contributed by atoms with Gasteiger partial charge in [0.2, 0.25) is 5.91 Å². The molecule has 4 rings (SSSR count). The van der Waals surface area contributed by atoms with Crippen LogP contribution in [-0.4, -0.2) is 43.3 Å². The maximum atomic E-state index is 13.2. The van der Waals surface area contributed by atoms with Crippen molar-refractivity contribution in [3.8, 4) is 5.69 Å². The summed E-state index contributed by atoms with van der Waals surface area (Å²) in [5.74, 6) is -0.473. The van der Waals surface area contributed by atoms with Crippen molar-refractivity contribution < 1.29 is 9.59 Å². The van der Waals surface area contributed by atoms with Crippen LogP contribution < -0.4 is 0 Å². The van der Waals surface area contributed by atoms with Crippen LogP contribution in [0.5, 0.6) is 0 Å². The van der Waals surface area contributed by atoms with E-state index in [1.54, 1.807) is 30.6 Å². The molecule has 0 N–H and O–H groups in total. The number of hydrogen-bond acceptors (Lipinski definition) is 5. The second-order valence-corrected chi connectivity index (χ2v) is 8.33. The third-order valence-corrected chi connectivity index (χ3v) is 6.24. The molecule has 2 amide bonds. The molecule has 0 saturated carbocycles. The Kier molecular flexibility index (Phi) is 5.97. The fourth-order valence-corrected chi connectivity index (χ4v) is 4.52. The number of para-hydroxylation sites is 1. The van der Waals surface area contributed by atoms with Crippen LogP contribution in [-0.2, 0) is 4.79 Å². The molecule has 1 aliphatic heterocycles. The summed E-state index contributed by atoms with van der Waals surface area (Å²) in [7, 11) is 0. The molecule has 6 nitrogen and oxygen atoms in total. The first-order valence-electron chi connectivity index (χ1n) is 9.37. The Bertz CT molecular complexity index is 1010. The minimum absolute atomic E-state index is 0.185. The van der Waals surface area contributed by atoms with E-state index in [2.05, 4.69) is 10.2 Å². The van der Waals surface area contributed by atoms with Crippen LogP contribution in [0.25, 0.3) is 5.69 Å². The number of benzene rings is 2. The maximum Gasteiger partial charge on any atom is 0.260 e. The number of likely N-dealkylation sites (tertiary alicyclic amines) is 1. The lowest BCUT2D eigenvalue weighted by molar-refractivity contribution is -0.127. The van der Waals surface area contributed by atoms with Gasteiger partial charge >= 0.3 is 0 Å². The number of aromatic nitrogens is 3. The molecule has 1 aliphatic rings. The molecule has 1 fully saturated rings. The number of carbonyl (C=O) groups excluding carboxylic acids is 2. The van der Waals surface area contributed by atoms with E-state index in [1.807, 2.05) is 34.9 Å². The van der Waals surface area contributed by atoms with E-state index in [9.17, 15) is 9.59 Å². The number of hydrogen-bond donors (Lipinski definition) is 0. The fraction of sp³-hybridized carbons (Fsp3) is 0.238. The van der Waals surface area contributed by atoms with Gasteiger partial charge in [0.15, 0.2) is 5.16 Å². The van der Waals surface area contributed by atoms with Gasteiger partial charge in [-0.2, -0.15) is 0 Å². The summed E-state index contributed by atoms with van der Waals surface area (Å²) >= 11 is 7.27. The largest absolute Gasteiger partial charge is 0.278 e. The lowest BCUT2D eigenvalue weighted by Gasteiger charge is -2.22. The molecule has 0 unspecified atom stereocenters. The van der Waals surface area contributed by atoms with Gasteiger partial charge in [-0.1, -0.05) is 48.0 Å². The number of thioether (sulfide) groups is 1. The lowest BCUT2D eigenvalue weighted by Crippen LogP contribution is -2.41. The van der Waals surface area contributed by atoms with Crippen molar-refractivity contribution in [2.24, 2.45) is 0 Å². The molecule has 0 bridgehead atoms. The predicted octanol–water partition coefficient (Wildman–Crippen LogP) is 4.23. The van der Waals surface area contributed by atoms with Crippen molar-refractivity contribution in [1.82, 2.24) is 19.7 Å². The Morgan fingerprint density at radius 3 is 2.59 bits per heavy atom. The summed E-state index contributed by atoms with van der Waals surface area (Å²) in [6.07, 6.45) is 3.98. The highest BCUT2D eigenvalue weighted by molar-refractivity contribution is 8.00. The van der Waals surface area contributed by atoms with Crippen molar-refractivity contribution >= 4 is 35.2 Å². The zero-order valence-corrected chi connectivity index (χ0v) is 17.1. The average molecular weight is 427 g/mol. The second kappa shape index (κ2) is 8.80. The predicted molar refractivity (Wildman–Crippen MR) is 112 cm³/mol. The topological polar surface area (TPSA) is 68.1 Å². The summed E-state index contributed by atoms with van der Waals surface area (Å²) in [6, 6.07) is 16.3. The molecule has 2 heterocycles. The monoisotopic (exact) mass is 426 g/mol. The molecule has 29 heavy (non-hydrogen) atoms. The van der Waals surface area contributed by atoms with Crippen LogP contribution in [0, 0.1) is 0 Å². The fourth-order valence-electron chi connectivity index (χ4n) is 3.26. The maximum absolute atomic E-state index is 13.2. The van der Waals surface area contributed by atoms with Crippen LogP contribution in [0.1, 0.15) is 29.6 Å². The van der Waals surface area contributed by atoms with Crippen molar-refractivity contribution in [3.63, 3.8) is 0 Å². The van der Waals surface area contributed by atoms with Crippen molar-refractivity contribution in [1.29, 1.82) is 0 Å². The number of halogens is 1. The third-order valence-electron chi connectivity index (χ3n) is 4.77. The van der Waals surface area contributed by atoms with Crippen LogP contribution in [0.3, 0.4) is 0 Å². The molecular formula is C21H19ClN4O2S. The van der Waals surface area contributed by atoms with Gasteiger partial charge in [-0.25, -0.2) is 0 Å². The lowest BCUT2D eigenvalue weighted by atomic mass is 10.2. The number of rotatable bonds is 4. The number of amides is 2. The van der Waals surface area contributed by atoms with E-state index in [0.717, 1.165) is 18.5 Å². The third kappa shape index (κ3) is 4.36. The van der Waals surface area contributed by atoms with Crippen molar-refractivity contribution in [3.05, 3.63) is 71.5 Å². The van der Waals surface area contributed by atoms with Crippen LogP contribution in [0.2, 0.25) is 5.02 Å². The molecule has 1 aromatic heterocycles. The van der Waals surface area contributed by atoms with E-state index in [4.69, 9.17) is 11.6 Å². The van der Waals surface area contributed by atoms with Gasteiger partial charge in [0, 0.05) is 22.8 Å². The van der Waals surface area contributed by atoms with E-state index < -0.39 is 0 Å². The van der Waals surface area contributed by atoms with Crippen LogP contribution in [0.4, 0.5) is 0 Å². The second-order valence-electron chi connectivity index (χ2n) is 6.72. The Morgan fingerprint density at radius 2 is 1.83 bits per heavy atom. The minimum atomic E-state index is -0.389. The summed E-state index contributed by atoms with van der Waals surface area (Å²) < 4.78 is 1.86. The van der Waals surface area contributed by atoms with E-state index in [0.29, 0.717) is 28.7 Å². The Hall–Kier alpha value is -2.64. The first-order chi connectivity index (χ1) is 14.1. The quantitative estimate of drug-likeness (QED) is 0.584. The Balaban J connectivity index is 1.56. The zero-order valence-electron chi connectivity index (χ0n) is 15.6. The molecule has 8 heteroatoms. The van der Waals surface area contributed by atoms with Crippen LogP contribution >= 0.6 is 23.4 Å². The summed E-state index contributed by atoms with van der Waals surface area (Å²) in [4.78, 5) is 27.5. The Morgan fingerprint density at radius 1 is 1.07 bits per heavy atom. The molecule has 0 aliphatic carbocycles. The summed E-state index contributed by atoms with van der Waals surface area (Å²) in [5.41, 5.74) is 1.39. The van der Waals surface area contributed by atoms with E-state index in [-0.39, 0.29) is 17.1 Å². The summed E-state index contributed by atoms with van der Waals surface area (Å²) in [5, 5.41) is 9.00. The van der Waals surface area contributed by atoms with E-state index >= 15 is 0 Å².